The third-order valence-electron chi connectivity index (χ3n) is 2.55. The van der Waals surface area contributed by atoms with Gasteiger partial charge < -0.3 is 9.84 Å². The Morgan fingerprint density at radius 3 is 2.43 bits per heavy atom. The minimum Gasteiger partial charge on any atom is -0.496 e. The lowest BCUT2D eigenvalue weighted by Gasteiger charge is -2.14. The summed E-state index contributed by atoms with van der Waals surface area (Å²) in [4.78, 5) is 0. The van der Waals surface area contributed by atoms with E-state index in [4.69, 9.17) is 4.74 Å². The lowest BCUT2D eigenvalue weighted by atomic mass is 9.97. The third-order valence-corrected chi connectivity index (χ3v) is 2.55. The van der Waals surface area contributed by atoms with Gasteiger partial charge in [0.25, 0.3) is 0 Å². The van der Waals surface area contributed by atoms with Crippen molar-refractivity contribution in [2.75, 3.05) is 7.11 Å². The normalized spacial score (nSPS) is 10.7. The van der Waals surface area contributed by atoms with Crippen LogP contribution in [0.2, 0.25) is 0 Å². The predicted molar refractivity (Wildman–Crippen MR) is 57.7 cm³/mol. The maximum absolute atomic E-state index is 9.19. The Hall–Kier alpha value is -1.02. The minimum absolute atomic E-state index is 0.0722. The topological polar surface area (TPSA) is 29.5 Å². The van der Waals surface area contributed by atoms with E-state index in [-0.39, 0.29) is 6.61 Å². The molecule has 0 atom stereocenters. The van der Waals surface area contributed by atoms with Gasteiger partial charge in [-0.3, -0.25) is 0 Å². The molecule has 14 heavy (non-hydrogen) atoms. The number of hydrogen-bond donors (Lipinski definition) is 1. The fraction of sp³-hybridized carbons (Fsp3) is 0.500. The van der Waals surface area contributed by atoms with Gasteiger partial charge in [0.2, 0.25) is 0 Å². The van der Waals surface area contributed by atoms with Crippen molar-refractivity contribution in [2.24, 2.45) is 0 Å². The number of ether oxygens (including phenoxy) is 1. The van der Waals surface area contributed by atoms with E-state index in [0.717, 1.165) is 16.9 Å². The number of methoxy groups -OCH3 is 1. The smallest absolute Gasteiger partial charge is 0.122 e. The van der Waals surface area contributed by atoms with E-state index in [9.17, 15) is 5.11 Å². The number of aliphatic hydroxyl groups excluding tert-OH is 1. The highest BCUT2D eigenvalue weighted by molar-refractivity contribution is 5.43. The largest absolute Gasteiger partial charge is 0.496 e. The van der Waals surface area contributed by atoms with Crippen molar-refractivity contribution in [3.05, 3.63) is 28.8 Å². The van der Waals surface area contributed by atoms with Crippen molar-refractivity contribution in [3.63, 3.8) is 0 Å². The maximum Gasteiger partial charge on any atom is 0.122 e. The molecule has 1 rings (SSSR count). The van der Waals surface area contributed by atoms with E-state index in [0.29, 0.717) is 5.92 Å². The summed E-state index contributed by atoms with van der Waals surface area (Å²) in [7, 11) is 1.66. The Morgan fingerprint density at radius 1 is 1.36 bits per heavy atom. The summed E-state index contributed by atoms with van der Waals surface area (Å²) in [6.45, 7) is 6.30. The number of aliphatic hydroxyl groups is 1. The van der Waals surface area contributed by atoms with Crippen LogP contribution in [0.4, 0.5) is 0 Å². The molecule has 2 heteroatoms. The van der Waals surface area contributed by atoms with Crippen LogP contribution in [0.5, 0.6) is 5.75 Å². The molecule has 0 aromatic heterocycles. The molecule has 0 heterocycles. The molecule has 0 aliphatic rings. The third kappa shape index (κ3) is 2.07. The molecule has 1 aromatic rings. The summed E-state index contributed by atoms with van der Waals surface area (Å²) in [5.41, 5.74) is 3.18. The van der Waals surface area contributed by atoms with Crippen LogP contribution in [0.15, 0.2) is 12.1 Å². The highest BCUT2D eigenvalue weighted by Crippen LogP contribution is 2.27. The van der Waals surface area contributed by atoms with Crippen LogP contribution >= 0.6 is 0 Å². The van der Waals surface area contributed by atoms with Crippen molar-refractivity contribution in [3.8, 4) is 5.75 Å². The van der Waals surface area contributed by atoms with E-state index < -0.39 is 0 Å². The monoisotopic (exact) mass is 194 g/mol. The van der Waals surface area contributed by atoms with Gasteiger partial charge in [-0.25, -0.2) is 0 Å². The molecule has 0 aliphatic heterocycles. The van der Waals surface area contributed by atoms with Crippen LogP contribution in [0.3, 0.4) is 0 Å². The van der Waals surface area contributed by atoms with Gasteiger partial charge in [0.15, 0.2) is 0 Å². The molecule has 2 nitrogen and oxygen atoms in total. The van der Waals surface area contributed by atoms with Gasteiger partial charge in [-0.05, 0) is 35.6 Å². The summed E-state index contributed by atoms with van der Waals surface area (Å²) in [6.07, 6.45) is 0. The predicted octanol–water partition coefficient (Wildman–Crippen LogP) is 2.62. The average molecular weight is 194 g/mol. The van der Waals surface area contributed by atoms with Crippen LogP contribution in [0, 0.1) is 6.92 Å². The van der Waals surface area contributed by atoms with Gasteiger partial charge in [0.1, 0.15) is 5.75 Å². The van der Waals surface area contributed by atoms with E-state index in [1.54, 1.807) is 7.11 Å². The molecular formula is C12H18O2. The fourth-order valence-corrected chi connectivity index (χ4v) is 1.48. The lowest BCUT2D eigenvalue weighted by Crippen LogP contribution is -1.98. The first-order valence-electron chi connectivity index (χ1n) is 4.88. The van der Waals surface area contributed by atoms with Crippen molar-refractivity contribution < 1.29 is 9.84 Å². The highest BCUT2D eigenvalue weighted by Gasteiger charge is 2.08. The van der Waals surface area contributed by atoms with Gasteiger partial charge >= 0.3 is 0 Å². The Kier molecular flexibility index (Phi) is 3.53. The second kappa shape index (κ2) is 4.47. The van der Waals surface area contributed by atoms with E-state index >= 15 is 0 Å². The van der Waals surface area contributed by atoms with Gasteiger partial charge in [-0.15, -0.1) is 0 Å². The SMILES string of the molecule is COc1cc(C(C)C)cc(CO)c1C. The quantitative estimate of drug-likeness (QED) is 0.801. The molecular weight excluding hydrogens is 176 g/mol. The standard InChI is InChI=1S/C12H18O2/c1-8(2)10-5-11(7-13)9(3)12(6-10)14-4/h5-6,8,13H,7H2,1-4H3. The maximum atomic E-state index is 9.19. The van der Waals surface area contributed by atoms with Crippen LogP contribution in [0.1, 0.15) is 36.5 Å². The molecule has 0 saturated carbocycles. The molecule has 1 N–H and O–H groups in total. The Bertz CT molecular complexity index is 291. The minimum atomic E-state index is 0.0722. The first-order valence-corrected chi connectivity index (χ1v) is 4.88. The van der Waals surface area contributed by atoms with Crippen LogP contribution in [-0.2, 0) is 6.61 Å². The zero-order valence-electron chi connectivity index (χ0n) is 9.29. The summed E-state index contributed by atoms with van der Waals surface area (Å²) < 4.78 is 5.27. The van der Waals surface area contributed by atoms with E-state index in [1.807, 2.05) is 19.1 Å². The molecule has 0 saturated heterocycles. The van der Waals surface area contributed by atoms with Crippen LogP contribution in [-0.4, -0.2) is 12.2 Å². The van der Waals surface area contributed by atoms with Gasteiger partial charge in [-0.1, -0.05) is 19.9 Å². The average Bonchev–Trinajstić information content (AvgIpc) is 2.17. The summed E-state index contributed by atoms with van der Waals surface area (Å²) in [5.74, 6) is 1.31. The second-order valence-corrected chi connectivity index (χ2v) is 3.82. The molecule has 0 radical (unpaired) electrons. The number of benzene rings is 1. The van der Waals surface area contributed by atoms with Crippen LogP contribution in [0.25, 0.3) is 0 Å². The Balaban J connectivity index is 3.25. The molecule has 0 unspecified atom stereocenters. The van der Waals surface area contributed by atoms with E-state index in [1.165, 1.54) is 5.56 Å². The van der Waals surface area contributed by atoms with Gasteiger partial charge in [0.05, 0.1) is 13.7 Å². The zero-order chi connectivity index (χ0) is 10.7. The molecule has 0 spiro atoms. The highest BCUT2D eigenvalue weighted by atomic mass is 16.5. The molecule has 0 fully saturated rings. The summed E-state index contributed by atoms with van der Waals surface area (Å²) >= 11 is 0. The van der Waals surface area contributed by atoms with Crippen molar-refractivity contribution >= 4 is 0 Å². The molecule has 0 amide bonds. The Morgan fingerprint density at radius 2 is 2.00 bits per heavy atom. The second-order valence-electron chi connectivity index (χ2n) is 3.82. The van der Waals surface area contributed by atoms with Crippen molar-refractivity contribution in [2.45, 2.75) is 33.3 Å². The molecule has 0 bridgehead atoms. The zero-order valence-corrected chi connectivity index (χ0v) is 9.29. The molecule has 0 aliphatic carbocycles. The van der Waals surface area contributed by atoms with Crippen LogP contribution < -0.4 is 4.74 Å². The van der Waals surface area contributed by atoms with Crippen molar-refractivity contribution in [1.29, 1.82) is 0 Å². The molecule has 1 aromatic carbocycles. The van der Waals surface area contributed by atoms with E-state index in [2.05, 4.69) is 13.8 Å². The number of rotatable bonds is 3. The Labute approximate surface area is 85.5 Å². The van der Waals surface area contributed by atoms with Gasteiger partial charge in [0, 0.05) is 0 Å². The number of hydrogen-bond acceptors (Lipinski definition) is 2. The molecule has 78 valence electrons. The first kappa shape index (κ1) is 11.1. The lowest BCUT2D eigenvalue weighted by molar-refractivity contribution is 0.280. The summed E-state index contributed by atoms with van der Waals surface area (Å²) in [6, 6.07) is 4.08. The first-order chi connectivity index (χ1) is 6.60. The van der Waals surface area contributed by atoms with Crippen molar-refractivity contribution in [1.82, 2.24) is 0 Å². The fourth-order valence-electron chi connectivity index (χ4n) is 1.48. The van der Waals surface area contributed by atoms with Gasteiger partial charge in [-0.2, -0.15) is 0 Å². The summed E-state index contributed by atoms with van der Waals surface area (Å²) in [5, 5.41) is 9.19.